The van der Waals surface area contributed by atoms with E-state index in [9.17, 15) is 0 Å². The molecule has 0 aliphatic rings. The summed E-state index contributed by atoms with van der Waals surface area (Å²) in [5.41, 5.74) is 7.71. The van der Waals surface area contributed by atoms with Crippen molar-refractivity contribution in [1.82, 2.24) is 19.7 Å². The van der Waals surface area contributed by atoms with Crippen LogP contribution in [-0.4, -0.2) is 19.7 Å². The zero-order valence-corrected chi connectivity index (χ0v) is 7.90. The van der Waals surface area contributed by atoms with Crippen molar-refractivity contribution >= 4 is 11.3 Å². The van der Waals surface area contributed by atoms with E-state index in [4.69, 9.17) is 5.73 Å². The van der Waals surface area contributed by atoms with Crippen molar-refractivity contribution in [2.75, 3.05) is 0 Å². The van der Waals surface area contributed by atoms with Crippen LogP contribution in [0, 0.1) is 0 Å². The number of rotatable bonds is 2. The summed E-state index contributed by atoms with van der Waals surface area (Å²) in [6, 6.07) is -0.222. The Kier molecular flexibility index (Phi) is 2.07. The molecule has 0 spiro atoms. The van der Waals surface area contributed by atoms with Crippen molar-refractivity contribution in [1.29, 1.82) is 0 Å². The van der Waals surface area contributed by atoms with Gasteiger partial charge in [0, 0.05) is 18.1 Å². The first-order valence-corrected chi connectivity index (χ1v) is 4.65. The van der Waals surface area contributed by atoms with E-state index in [1.807, 2.05) is 7.05 Å². The molecular formula is C7H9N5S. The summed E-state index contributed by atoms with van der Waals surface area (Å²) in [6.07, 6.45) is 3.25. The number of hydrogen-bond donors (Lipinski definition) is 1. The zero-order valence-electron chi connectivity index (χ0n) is 7.08. The predicted octanol–water partition coefficient (Wildman–Crippen LogP) is 0.320. The van der Waals surface area contributed by atoms with Crippen molar-refractivity contribution < 1.29 is 0 Å². The molecule has 0 aliphatic carbocycles. The lowest BCUT2D eigenvalue weighted by atomic mass is 10.2. The van der Waals surface area contributed by atoms with E-state index >= 15 is 0 Å². The van der Waals surface area contributed by atoms with Crippen LogP contribution in [0.5, 0.6) is 0 Å². The number of nitrogens with two attached hydrogens (primary N) is 1. The minimum atomic E-state index is -0.222. The number of nitrogens with zero attached hydrogens (tertiary/aromatic N) is 4. The first kappa shape index (κ1) is 8.33. The van der Waals surface area contributed by atoms with Gasteiger partial charge < -0.3 is 5.73 Å². The minimum Gasteiger partial charge on any atom is -0.317 e. The van der Waals surface area contributed by atoms with Gasteiger partial charge in [-0.15, -0.1) is 11.3 Å². The van der Waals surface area contributed by atoms with E-state index in [1.165, 1.54) is 17.7 Å². The van der Waals surface area contributed by atoms with E-state index < -0.39 is 0 Å². The number of thiazole rings is 1. The third kappa shape index (κ3) is 1.45. The van der Waals surface area contributed by atoms with Crippen LogP contribution in [0.25, 0.3) is 0 Å². The van der Waals surface area contributed by atoms with Crippen LogP contribution in [0.3, 0.4) is 0 Å². The molecule has 0 aromatic carbocycles. The van der Waals surface area contributed by atoms with Gasteiger partial charge >= 0.3 is 0 Å². The van der Waals surface area contributed by atoms with Crippen molar-refractivity contribution in [3.05, 3.63) is 28.7 Å². The molecule has 5 nitrogen and oxygen atoms in total. The molecule has 0 amide bonds. The molecule has 2 aromatic heterocycles. The summed E-state index contributed by atoms with van der Waals surface area (Å²) in [7, 11) is 1.82. The van der Waals surface area contributed by atoms with Crippen LogP contribution in [0.2, 0.25) is 0 Å². The summed E-state index contributed by atoms with van der Waals surface area (Å²) < 4.78 is 1.67. The molecule has 0 saturated carbocycles. The van der Waals surface area contributed by atoms with Gasteiger partial charge in [0.25, 0.3) is 0 Å². The number of aryl methyl sites for hydroxylation is 1. The van der Waals surface area contributed by atoms with Gasteiger partial charge in [-0.05, 0) is 0 Å². The SMILES string of the molecule is Cn1ncnc1C(N)c1cncs1. The van der Waals surface area contributed by atoms with Gasteiger partial charge in [-0.1, -0.05) is 0 Å². The summed E-state index contributed by atoms with van der Waals surface area (Å²) in [5, 5.41) is 3.96. The van der Waals surface area contributed by atoms with Crippen LogP contribution in [0.4, 0.5) is 0 Å². The lowest BCUT2D eigenvalue weighted by Crippen LogP contribution is -2.15. The van der Waals surface area contributed by atoms with Crippen LogP contribution >= 0.6 is 11.3 Å². The molecule has 2 heterocycles. The molecule has 13 heavy (non-hydrogen) atoms. The van der Waals surface area contributed by atoms with E-state index in [0.717, 1.165) is 10.7 Å². The van der Waals surface area contributed by atoms with Crippen LogP contribution in [0.1, 0.15) is 16.7 Å². The quantitative estimate of drug-likeness (QED) is 0.749. The lowest BCUT2D eigenvalue weighted by molar-refractivity contribution is 0.664. The van der Waals surface area contributed by atoms with E-state index in [1.54, 1.807) is 16.4 Å². The molecule has 0 saturated heterocycles. The summed E-state index contributed by atoms with van der Waals surface area (Å²) in [5.74, 6) is 0.754. The maximum absolute atomic E-state index is 5.95. The Bertz CT molecular complexity index is 379. The number of hydrogen-bond acceptors (Lipinski definition) is 5. The smallest absolute Gasteiger partial charge is 0.148 e. The summed E-state index contributed by atoms with van der Waals surface area (Å²) >= 11 is 1.52. The highest BCUT2D eigenvalue weighted by molar-refractivity contribution is 7.09. The first-order chi connectivity index (χ1) is 6.29. The molecule has 0 aliphatic heterocycles. The van der Waals surface area contributed by atoms with Crippen molar-refractivity contribution in [3.63, 3.8) is 0 Å². The molecule has 68 valence electrons. The van der Waals surface area contributed by atoms with Gasteiger partial charge in [0.2, 0.25) is 0 Å². The monoisotopic (exact) mass is 195 g/mol. The highest BCUT2D eigenvalue weighted by atomic mass is 32.1. The first-order valence-electron chi connectivity index (χ1n) is 3.77. The van der Waals surface area contributed by atoms with Crippen molar-refractivity contribution in [2.24, 2.45) is 12.8 Å². The Morgan fingerprint density at radius 1 is 1.62 bits per heavy atom. The molecule has 6 heteroatoms. The van der Waals surface area contributed by atoms with E-state index in [0.29, 0.717) is 0 Å². The maximum atomic E-state index is 5.95. The summed E-state index contributed by atoms with van der Waals surface area (Å²) in [6.45, 7) is 0. The molecule has 2 aromatic rings. The maximum Gasteiger partial charge on any atom is 0.148 e. The van der Waals surface area contributed by atoms with Gasteiger partial charge in [-0.25, -0.2) is 4.98 Å². The largest absolute Gasteiger partial charge is 0.317 e. The average molecular weight is 195 g/mol. The molecular weight excluding hydrogens is 186 g/mol. The highest BCUT2D eigenvalue weighted by Gasteiger charge is 2.14. The summed E-state index contributed by atoms with van der Waals surface area (Å²) in [4.78, 5) is 9.04. The fourth-order valence-electron chi connectivity index (χ4n) is 1.09. The van der Waals surface area contributed by atoms with Gasteiger partial charge in [-0.3, -0.25) is 9.67 Å². The Balaban J connectivity index is 2.33. The molecule has 0 bridgehead atoms. The molecule has 0 radical (unpaired) electrons. The Hall–Kier alpha value is -1.27. The van der Waals surface area contributed by atoms with Gasteiger partial charge in [0.15, 0.2) is 0 Å². The minimum absolute atomic E-state index is 0.222. The van der Waals surface area contributed by atoms with Crippen LogP contribution in [0.15, 0.2) is 18.0 Å². The van der Waals surface area contributed by atoms with Gasteiger partial charge in [-0.2, -0.15) is 5.10 Å². The molecule has 1 atom stereocenters. The Morgan fingerprint density at radius 2 is 2.46 bits per heavy atom. The van der Waals surface area contributed by atoms with Crippen LogP contribution in [-0.2, 0) is 7.05 Å². The highest BCUT2D eigenvalue weighted by Crippen LogP contribution is 2.19. The topological polar surface area (TPSA) is 69.6 Å². The molecule has 2 rings (SSSR count). The molecule has 1 unspecified atom stereocenters. The normalized spacial score (nSPS) is 13.1. The predicted molar refractivity (Wildman–Crippen MR) is 49.1 cm³/mol. The van der Waals surface area contributed by atoms with E-state index in [2.05, 4.69) is 15.1 Å². The second kappa shape index (κ2) is 3.23. The second-order valence-corrected chi connectivity index (χ2v) is 3.54. The average Bonchev–Trinajstić information content (AvgIpc) is 2.72. The van der Waals surface area contributed by atoms with Gasteiger partial charge in [0.1, 0.15) is 18.2 Å². The fourth-order valence-corrected chi connectivity index (χ4v) is 1.71. The molecule has 0 fully saturated rings. The Morgan fingerprint density at radius 3 is 3.00 bits per heavy atom. The lowest BCUT2D eigenvalue weighted by Gasteiger charge is -2.06. The third-order valence-electron chi connectivity index (χ3n) is 1.78. The molecule has 2 N–H and O–H groups in total. The Labute approximate surface area is 79.2 Å². The van der Waals surface area contributed by atoms with Crippen LogP contribution < -0.4 is 5.73 Å². The van der Waals surface area contributed by atoms with Gasteiger partial charge in [0.05, 0.1) is 5.51 Å². The van der Waals surface area contributed by atoms with Crippen molar-refractivity contribution in [3.8, 4) is 0 Å². The zero-order chi connectivity index (χ0) is 9.26. The second-order valence-electron chi connectivity index (χ2n) is 2.62. The number of aromatic nitrogens is 4. The van der Waals surface area contributed by atoms with E-state index in [-0.39, 0.29) is 6.04 Å². The fraction of sp³-hybridized carbons (Fsp3) is 0.286. The standard InChI is InChI=1S/C7H9N5S/c1-12-7(10-3-11-12)6(8)5-2-9-4-13-5/h2-4,6H,8H2,1H3. The van der Waals surface area contributed by atoms with Crippen molar-refractivity contribution in [2.45, 2.75) is 6.04 Å². The third-order valence-corrected chi connectivity index (χ3v) is 2.64.